The van der Waals surface area contributed by atoms with Crippen molar-refractivity contribution in [3.63, 3.8) is 0 Å². The Morgan fingerprint density at radius 3 is 2.25 bits per heavy atom. The second-order valence-corrected chi connectivity index (χ2v) is 8.90. The lowest BCUT2D eigenvalue weighted by atomic mass is 10.1. The number of hydrogen-bond donors (Lipinski definition) is 2. The number of alkyl halides is 3. The van der Waals surface area contributed by atoms with Gasteiger partial charge in [0.1, 0.15) is 0 Å². The Kier molecular flexibility index (Phi) is 7.44. The van der Waals surface area contributed by atoms with Crippen LogP contribution in [0.1, 0.15) is 16.7 Å². The van der Waals surface area contributed by atoms with E-state index < -0.39 is 28.3 Å². The highest BCUT2D eigenvalue weighted by Gasteiger charge is 2.35. The minimum atomic E-state index is -4.64. The van der Waals surface area contributed by atoms with Gasteiger partial charge < -0.3 is 5.32 Å². The summed E-state index contributed by atoms with van der Waals surface area (Å²) in [6.45, 7) is -0.323. The quantitative estimate of drug-likeness (QED) is 0.395. The fraction of sp³-hybridized carbons (Fsp3) is 0.143. The maximum Gasteiger partial charge on any atom is 0.416 e. The van der Waals surface area contributed by atoms with Crippen molar-refractivity contribution in [3.8, 4) is 0 Å². The summed E-state index contributed by atoms with van der Waals surface area (Å²) < 4.78 is 67.5. The largest absolute Gasteiger partial charge is 0.416 e. The molecule has 2 aromatic carbocycles. The predicted molar refractivity (Wildman–Crippen MR) is 117 cm³/mol. The molecule has 3 rings (SSSR count). The van der Waals surface area contributed by atoms with Crippen molar-refractivity contribution in [1.82, 2.24) is 20.1 Å². The molecule has 168 valence electrons. The number of rotatable bonds is 7. The minimum Gasteiger partial charge on any atom is -0.358 e. The maximum absolute atomic E-state index is 13.5. The first-order chi connectivity index (χ1) is 15.2. The summed E-state index contributed by atoms with van der Waals surface area (Å²) in [6.07, 6.45) is -1.46. The molecule has 6 nitrogen and oxygen atoms in total. The molecule has 2 N–H and O–H groups in total. The summed E-state index contributed by atoms with van der Waals surface area (Å²) in [4.78, 5) is 3.82. The van der Waals surface area contributed by atoms with Gasteiger partial charge in [0, 0.05) is 18.9 Å². The Bertz CT molecular complexity index is 1160. The first-order valence-corrected chi connectivity index (χ1v) is 11.2. The van der Waals surface area contributed by atoms with E-state index in [-0.39, 0.29) is 22.1 Å². The van der Waals surface area contributed by atoms with Gasteiger partial charge in [-0.25, -0.2) is 8.42 Å². The molecule has 0 aliphatic heterocycles. The van der Waals surface area contributed by atoms with Crippen LogP contribution in [0.15, 0.2) is 84.0 Å². The average Bonchev–Trinajstić information content (AvgIpc) is 2.78. The van der Waals surface area contributed by atoms with Crippen LogP contribution in [-0.2, 0) is 29.3 Å². The molecular weight excluding hydrogens is 461 g/mol. The van der Waals surface area contributed by atoms with E-state index in [2.05, 4.69) is 15.7 Å². The van der Waals surface area contributed by atoms with Crippen LogP contribution >= 0.6 is 12.2 Å². The highest BCUT2D eigenvalue weighted by atomic mass is 32.2. The molecule has 1 heterocycles. The number of thiocarbonyl (C=S) groups is 1. The Labute approximate surface area is 189 Å². The van der Waals surface area contributed by atoms with Gasteiger partial charge in [-0.3, -0.25) is 10.4 Å². The number of benzene rings is 2. The summed E-state index contributed by atoms with van der Waals surface area (Å²) in [5.41, 5.74) is 2.23. The highest BCUT2D eigenvalue weighted by molar-refractivity contribution is 7.89. The van der Waals surface area contributed by atoms with Gasteiger partial charge in [0.05, 0.1) is 17.0 Å². The average molecular weight is 481 g/mol. The Morgan fingerprint density at radius 1 is 0.969 bits per heavy atom. The predicted octanol–water partition coefficient (Wildman–Crippen LogP) is 3.87. The topological polar surface area (TPSA) is 74.3 Å². The number of nitrogens with zero attached hydrogens (tertiary/aromatic N) is 2. The molecule has 32 heavy (non-hydrogen) atoms. The van der Waals surface area contributed by atoms with E-state index in [9.17, 15) is 21.6 Å². The van der Waals surface area contributed by atoms with Crippen molar-refractivity contribution in [2.75, 3.05) is 0 Å². The van der Waals surface area contributed by atoms with Crippen LogP contribution in [0.25, 0.3) is 0 Å². The molecule has 0 aliphatic carbocycles. The third kappa shape index (κ3) is 6.02. The first kappa shape index (κ1) is 23.6. The second kappa shape index (κ2) is 10.1. The van der Waals surface area contributed by atoms with Gasteiger partial charge in [0.2, 0.25) is 0 Å². The molecule has 0 radical (unpaired) electrons. The fourth-order valence-corrected chi connectivity index (χ4v) is 4.35. The summed E-state index contributed by atoms with van der Waals surface area (Å²) >= 11 is 5.20. The van der Waals surface area contributed by atoms with Crippen LogP contribution < -0.4 is 10.7 Å². The van der Waals surface area contributed by atoms with Crippen molar-refractivity contribution in [3.05, 3.63) is 95.8 Å². The van der Waals surface area contributed by atoms with Crippen molar-refractivity contribution in [2.45, 2.75) is 24.2 Å². The summed E-state index contributed by atoms with van der Waals surface area (Å²) in [6, 6.07) is 15.7. The van der Waals surface area contributed by atoms with Gasteiger partial charge in [0.15, 0.2) is 5.11 Å². The lowest BCUT2D eigenvalue weighted by molar-refractivity contribution is -0.138. The lowest BCUT2D eigenvalue weighted by Crippen LogP contribution is -2.49. The smallest absolute Gasteiger partial charge is 0.358 e. The molecule has 0 bridgehead atoms. The SMILES string of the molecule is O=S(=O)(c1ccccc1)N(Cc1ccccc1C(F)(F)F)NC(=S)NCc1ccncc1. The molecule has 1 aromatic heterocycles. The third-order valence-electron chi connectivity index (χ3n) is 4.40. The Balaban J connectivity index is 1.88. The van der Waals surface area contributed by atoms with E-state index in [1.54, 1.807) is 30.6 Å². The first-order valence-electron chi connectivity index (χ1n) is 9.34. The highest BCUT2D eigenvalue weighted by Crippen LogP contribution is 2.32. The molecule has 0 amide bonds. The molecule has 0 unspecified atom stereocenters. The molecule has 0 spiro atoms. The zero-order valence-corrected chi connectivity index (χ0v) is 18.2. The zero-order valence-electron chi connectivity index (χ0n) is 16.6. The molecule has 0 saturated carbocycles. The molecule has 3 aromatic rings. The van der Waals surface area contributed by atoms with Gasteiger partial charge in [0.25, 0.3) is 10.0 Å². The third-order valence-corrected chi connectivity index (χ3v) is 6.30. The molecule has 0 fully saturated rings. The fourth-order valence-electron chi connectivity index (χ4n) is 2.83. The lowest BCUT2D eigenvalue weighted by Gasteiger charge is -2.26. The van der Waals surface area contributed by atoms with Crippen LogP contribution in [0, 0.1) is 0 Å². The number of hydrogen-bond acceptors (Lipinski definition) is 4. The zero-order chi connectivity index (χ0) is 23.2. The molecular formula is C21H19F3N4O2S2. The van der Waals surface area contributed by atoms with Crippen LogP contribution in [0.3, 0.4) is 0 Å². The summed E-state index contributed by atoms with van der Waals surface area (Å²) in [5, 5.41) is 2.78. The van der Waals surface area contributed by atoms with E-state index in [1.165, 1.54) is 42.5 Å². The summed E-state index contributed by atoms with van der Waals surface area (Å²) in [5.74, 6) is 0. The normalized spacial score (nSPS) is 11.9. The number of aromatic nitrogens is 1. The van der Waals surface area contributed by atoms with Crippen LogP contribution in [0.5, 0.6) is 0 Å². The number of sulfonamides is 1. The van der Waals surface area contributed by atoms with Gasteiger partial charge in [-0.05, 0) is 53.7 Å². The number of halogens is 3. The van der Waals surface area contributed by atoms with Crippen LogP contribution in [0.2, 0.25) is 0 Å². The Morgan fingerprint density at radius 2 is 1.59 bits per heavy atom. The number of nitrogens with one attached hydrogen (secondary N) is 2. The van der Waals surface area contributed by atoms with E-state index in [0.717, 1.165) is 11.6 Å². The van der Waals surface area contributed by atoms with E-state index in [4.69, 9.17) is 12.2 Å². The van der Waals surface area contributed by atoms with Gasteiger partial charge in [-0.15, -0.1) is 4.41 Å². The van der Waals surface area contributed by atoms with Crippen molar-refractivity contribution < 1.29 is 21.6 Å². The molecule has 0 atom stereocenters. The van der Waals surface area contributed by atoms with E-state index in [1.807, 2.05) is 0 Å². The molecule has 0 saturated heterocycles. The minimum absolute atomic E-state index is 0.0641. The van der Waals surface area contributed by atoms with Crippen LogP contribution in [0.4, 0.5) is 13.2 Å². The molecule has 11 heteroatoms. The Hall–Kier alpha value is -3.02. The van der Waals surface area contributed by atoms with E-state index >= 15 is 0 Å². The van der Waals surface area contributed by atoms with Crippen molar-refractivity contribution in [1.29, 1.82) is 0 Å². The van der Waals surface area contributed by atoms with E-state index in [0.29, 0.717) is 4.41 Å². The maximum atomic E-state index is 13.5. The van der Waals surface area contributed by atoms with Gasteiger partial charge >= 0.3 is 6.18 Å². The summed E-state index contributed by atoms with van der Waals surface area (Å²) in [7, 11) is -4.22. The number of pyridine rings is 1. The standard InChI is InChI=1S/C21H19F3N4O2S2/c22-21(23,24)19-9-5-4-6-17(19)15-28(32(29,30)18-7-2-1-3-8-18)27-20(31)26-14-16-10-12-25-13-11-16/h1-13H,14-15H2,(H2,26,27,31). The van der Waals surface area contributed by atoms with Crippen molar-refractivity contribution in [2.24, 2.45) is 0 Å². The van der Waals surface area contributed by atoms with Gasteiger partial charge in [-0.2, -0.15) is 13.2 Å². The second-order valence-electron chi connectivity index (χ2n) is 6.63. The van der Waals surface area contributed by atoms with Crippen LogP contribution in [-0.4, -0.2) is 22.9 Å². The van der Waals surface area contributed by atoms with Crippen molar-refractivity contribution >= 4 is 27.4 Å². The van der Waals surface area contributed by atoms with Gasteiger partial charge in [-0.1, -0.05) is 36.4 Å². The molecule has 0 aliphatic rings. The number of hydrazine groups is 1. The monoisotopic (exact) mass is 480 g/mol.